The first-order valence-corrected chi connectivity index (χ1v) is 5.12. The van der Waals surface area contributed by atoms with Crippen LogP contribution in [-0.2, 0) is 0 Å². The molecule has 1 N–H and O–H groups in total. The van der Waals surface area contributed by atoms with Gasteiger partial charge < -0.3 is 5.32 Å². The Bertz CT molecular complexity index is 388. The normalized spacial score (nSPS) is 22.4. The molecule has 0 aromatic heterocycles. The number of hydrogen-bond acceptors (Lipinski definition) is 1. The van der Waals surface area contributed by atoms with Crippen molar-refractivity contribution in [2.24, 2.45) is 0 Å². The van der Waals surface area contributed by atoms with Crippen LogP contribution in [0.5, 0.6) is 0 Å². The molecule has 1 heterocycles. The maximum absolute atomic E-state index is 13.8. The van der Waals surface area contributed by atoms with Gasteiger partial charge in [-0.3, -0.25) is 0 Å². The van der Waals surface area contributed by atoms with Crippen molar-refractivity contribution in [1.82, 2.24) is 5.32 Å². The lowest BCUT2D eigenvalue weighted by molar-refractivity contribution is 0.260. The first-order chi connectivity index (χ1) is 7.61. The van der Waals surface area contributed by atoms with E-state index in [4.69, 9.17) is 0 Å². The van der Waals surface area contributed by atoms with Gasteiger partial charge in [-0.2, -0.15) is 0 Å². The van der Waals surface area contributed by atoms with Gasteiger partial charge in [0.2, 0.25) is 0 Å². The summed E-state index contributed by atoms with van der Waals surface area (Å²) in [6, 6.07) is 1.19. The lowest BCUT2D eigenvalue weighted by Gasteiger charge is -2.17. The van der Waals surface area contributed by atoms with Gasteiger partial charge in [0.05, 0.1) is 0 Å². The fourth-order valence-electron chi connectivity index (χ4n) is 1.93. The molecule has 1 aliphatic heterocycles. The van der Waals surface area contributed by atoms with Crippen molar-refractivity contribution in [2.75, 3.05) is 6.54 Å². The zero-order chi connectivity index (χ0) is 11.7. The van der Waals surface area contributed by atoms with E-state index < -0.39 is 35.2 Å². The molecule has 2 atom stereocenters. The van der Waals surface area contributed by atoms with Crippen LogP contribution >= 0.6 is 0 Å². The molecule has 0 radical (unpaired) electrons. The molecule has 1 aliphatic rings. The number of rotatable bonds is 2. The fraction of sp³-hybridized carbons (Fsp3) is 0.455. The van der Waals surface area contributed by atoms with Crippen molar-refractivity contribution < 1.29 is 17.6 Å². The number of nitrogens with one attached hydrogen (secondary N) is 1. The molecule has 5 heteroatoms. The van der Waals surface area contributed by atoms with E-state index in [2.05, 4.69) is 5.32 Å². The molecule has 0 saturated carbocycles. The van der Waals surface area contributed by atoms with Crippen LogP contribution in [0.15, 0.2) is 12.1 Å². The zero-order valence-electron chi connectivity index (χ0n) is 8.44. The lowest BCUT2D eigenvalue weighted by atomic mass is 10.0. The minimum Gasteiger partial charge on any atom is -0.311 e. The van der Waals surface area contributed by atoms with Gasteiger partial charge in [0, 0.05) is 11.6 Å². The number of halogens is 4. The highest BCUT2D eigenvalue weighted by Crippen LogP contribution is 2.30. The van der Waals surface area contributed by atoms with Crippen molar-refractivity contribution in [3.05, 3.63) is 35.1 Å². The molecule has 16 heavy (non-hydrogen) atoms. The largest absolute Gasteiger partial charge is 0.311 e. The average Bonchev–Trinajstić information content (AvgIpc) is 2.79. The molecule has 2 rings (SSSR count). The van der Waals surface area contributed by atoms with E-state index in [0.717, 1.165) is 18.6 Å². The van der Waals surface area contributed by atoms with Crippen molar-refractivity contribution in [2.45, 2.75) is 25.1 Å². The summed E-state index contributed by atoms with van der Waals surface area (Å²) in [5.74, 6) is -4.34. The first kappa shape index (κ1) is 11.4. The topological polar surface area (TPSA) is 12.0 Å². The highest BCUT2D eigenvalue weighted by Gasteiger charge is 2.29. The molecule has 1 nitrogen and oxygen atoms in total. The first-order valence-electron chi connectivity index (χ1n) is 5.12. The quantitative estimate of drug-likeness (QED) is 0.611. The van der Waals surface area contributed by atoms with E-state index in [1.807, 2.05) is 0 Å². The molecule has 2 unspecified atom stereocenters. The van der Waals surface area contributed by atoms with E-state index in [-0.39, 0.29) is 0 Å². The summed E-state index contributed by atoms with van der Waals surface area (Å²) in [6.45, 7) is 0.663. The molecule has 0 spiro atoms. The summed E-state index contributed by atoms with van der Waals surface area (Å²) in [5, 5.41) is 2.86. The Morgan fingerprint density at radius 1 is 1.19 bits per heavy atom. The highest BCUT2D eigenvalue weighted by atomic mass is 19.2. The summed E-state index contributed by atoms with van der Waals surface area (Å²) in [6.07, 6.45) is -0.270. The third-order valence-corrected chi connectivity index (χ3v) is 2.81. The molecule has 1 aromatic carbocycles. The van der Waals surface area contributed by atoms with Crippen LogP contribution in [0.4, 0.5) is 17.6 Å². The van der Waals surface area contributed by atoms with Gasteiger partial charge in [-0.1, -0.05) is 0 Å². The zero-order valence-corrected chi connectivity index (χ0v) is 8.44. The Balaban J connectivity index is 2.29. The van der Waals surface area contributed by atoms with Crippen LogP contribution in [0, 0.1) is 17.5 Å². The lowest BCUT2D eigenvalue weighted by Crippen LogP contribution is -2.27. The Kier molecular flexibility index (Phi) is 3.14. The summed E-state index contributed by atoms with van der Waals surface area (Å²) in [5.41, 5.74) is -0.418. The van der Waals surface area contributed by atoms with Gasteiger partial charge in [-0.25, -0.2) is 17.6 Å². The van der Waals surface area contributed by atoms with Crippen LogP contribution in [0.1, 0.15) is 24.6 Å². The van der Waals surface area contributed by atoms with Crippen LogP contribution < -0.4 is 5.32 Å². The van der Waals surface area contributed by atoms with E-state index in [1.54, 1.807) is 0 Å². The van der Waals surface area contributed by atoms with Crippen LogP contribution in [0.25, 0.3) is 0 Å². The maximum atomic E-state index is 13.8. The van der Waals surface area contributed by atoms with E-state index in [0.29, 0.717) is 13.0 Å². The summed E-state index contributed by atoms with van der Waals surface area (Å²) < 4.78 is 52.7. The van der Waals surface area contributed by atoms with Crippen molar-refractivity contribution in [3.63, 3.8) is 0 Å². The Labute approximate surface area is 90.5 Å². The molecule has 88 valence electrons. The van der Waals surface area contributed by atoms with Crippen LogP contribution in [0.3, 0.4) is 0 Å². The second-order valence-electron chi connectivity index (χ2n) is 3.87. The molecular formula is C11H11F4N. The minimum absolute atomic E-state index is 0.418. The van der Waals surface area contributed by atoms with E-state index in [1.165, 1.54) is 0 Å². The van der Waals surface area contributed by atoms with Gasteiger partial charge in [0.25, 0.3) is 0 Å². The monoisotopic (exact) mass is 233 g/mol. The molecule has 1 saturated heterocycles. The third kappa shape index (κ3) is 1.91. The second kappa shape index (κ2) is 4.41. The highest BCUT2D eigenvalue weighted by molar-refractivity contribution is 5.24. The Morgan fingerprint density at radius 3 is 2.56 bits per heavy atom. The number of benzene rings is 1. The van der Waals surface area contributed by atoms with Crippen molar-refractivity contribution in [1.29, 1.82) is 0 Å². The van der Waals surface area contributed by atoms with Gasteiger partial charge >= 0.3 is 0 Å². The van der Waals surface area contributed by atoms with Crippen molar-refractivity contribution >= 4 is 0 Å². The van der Waals surface area contributed by atoms with E-state index >= 15 is 0 Å². The smallest absolute Gasteiger partial charge is 0.194 e. The van der Waals surface area contributed by atoms with Gasteiger partial charge in [0.1, 0.15) is 6.17 Å². The maximum Gasteiger partial charge on any atom is 0.194 e. The van der Waals surface area contributed by atoms with Crippen molar-refractivity contribution in [3.8, 4) is 0 Å². The molecule has 0 amide bonds. The molecular weight excluding hydrogens is 222 g/mol. The van der Waals surface area contributed by atoms with Gasteiger partial charge in [0.15, 0.2) is 17.5 Å². The summed E-state index contributed by atoms with van der Waals surface area (Å²) in [7, 11) is 0. The molecule has 1 aromatic rings. The molecule has 1 fully saturated rings. The van der Waals surface area contributed by atoms with Crippen LogP contribution in [-0.4, -0.2) is 12.6 Å². The fourth-order valence-corrected chi connectivity index (χ4v) is 1.93. The minimum atomic E-state index is -1.64. The van der Waals surface area contributed by atoms with E-state index in [9.17, 15) is 17.6 Å². The summed E-state index contributed by atoms with van der Waals surface area (Å²) >= 11 is 0. The third-order valence-electron chi connectivity index (χ3n) is 2.81. The predicted octanol–water partition coefficient (Wildman–Crippen LogP) is 2.87. The standard InChI is InChI=1S/C11H11F4N/c12-7-4-3-6(10(14)11(7)15)9(13)8-2-1-5-16-8/h3-4,8-9,16H,1-2,5H2. The Hall–Kier alpha value is -1.10. The Morgan fingerprint density at radius 2 is 1.94 bits per heavy atom. The number of hydrogen-bond donors (Lipinski definition) is 1. The molecule has 0 aliphatic carbocycles. The van der Waals surface area contributed by atoms with Crippen LogP contribution in [0.2, 0.25) is 0 Å². The number of alkyl halides is 1. The second-order valence-corrected chi connectivity index (χ2v) is 3.87. The SMILES string of the molecule is Fc1ccc(C(F)C2CCCN2)c(F)c1F. The average molecular weight is 233 g/mol. The van der Waals surface area contributed by atoms with Gasteiger partial charge in [-0.05, 0) is 31.5 Å². The predicted molar refractivity (Wildman–Crippen MR) is 51.2 cm³/mol. The van der Waals surface area contributed by atoms with Gasteiger partial charge in [-0.15, -0.1) is 0 Å². The molecule has 0 bridgehead atoms. The summed E-state index contributed by atoms with van der Waals surface area (Å²) in [4.78, 5) is 0.